The van der Waals surface area contributed by atoms with E-state index in [9.17, 15) is 4.39 Å². The normalized spacial score (nSPS) is 13.9. The molecular formula is C19H17BrFN3. The third kappa shape index (κ3) is 2.84. The predicted octanol–water partition coefficient (Wildman–Crippen LogP) is 5.19. The van der Waals surface area contributed by atoms with Crippen LogP contribution in [0, 0.1) is 5.82 Å². The second-order valence-corrected chi connectivity index (χ2v) is 6.87. The number of rotatable bonds is 2. The van der Waals surface area contributed by atoms with Gasteiger partial charge in [0.2, 0.25) is 0 Å². The lowest BCUT2D eigenvalue weighted by molar-refractivity contribution is 0.627. The van der Waals surface area contributed by atoms with E-state index in [4.69, 9.17) is 5.10 Å². The van der Waals surface area contributed by atoms with E-state index < -0.39 is 0 Å². The Morgan fingerprint density at radius 1 is 1.08 bits per heavy atom. The van der Waals surface area contributed by atoms with Gasteiger partial charge in [0.1, 0.15) is 11.6 Å². The van der Waals surface area contributed by atoms with E-state index >= 15 is 0 Å². The number of benzene rings is 2. The van der Waals surface area contributed by atoms with Gasteiger partial charge in [0.15, 0.2) is 0 Å². The van der Waals surface area contributed by atoms with Gasteiger partial charge in [0.05, 0.1) is 11.4 Å². The number of nitrogens with one attached hydrogen (secondary N) is 1. The molecule has 0 spiro atoms. The molecule has 0 saturated heterocycles. The fraction of sp³-hybridized carbons (Fsp3) is 0.211. The fourth-order valence-electron chi connectivity index (χ4n) is 3.14. The van der Waals surface area contributed by atoms with Gasteiger partial charge >= 0.3 is 0 Å². The van der Waals surface area contributed by atoms with Crippen LogP contribution in [0.5, 0.6) is 0 Å². The van der Waals surface area contributed by atoms with Gasteiger partial charge in [-0.15, -0.1) is 0 Å². The second-order valence-electron chi connectivity index (χ2n) is 5.96. The molecule has 4 rings (SSSR count). The molecule has 0 amide bonds. The molecule has 3 nitrogen and oxygen atoms in total. The van der Waals surface area contributed by atoms with Crippen molar-refractivity contribution in [2.24, 2.45) is 0 Å². The predicted molar refractivity (Wildman–Crippen MR) is 98.1 cm³/mol. The van der Waals surface area contributed by atoms with Crippen LogP contribution in [0.1, 0.15) is 18.4 Å². The average molecular weight is 386 g/mol. The summed E-state index contributed by atoms with van der Waals surface area (Å²) in [6.07, 6.45) is 3.26. The Kier molecular flexibility index (Phi) is 4.10. The zero-order valence-corrected chi connectivity index (χ0v) is 14.7. The van der Waals surface area contributed by atoms with Gasteiger partial charge in [-0.1, -0.05) is 28.1 Å². The molecule has 1 aliphatic rings. The smallest absolute Gasteiger partial charge is 0.133 e. The summed E-state index contributed by atoms with van der Waals surface area (Å²) in [5, 5.41) is 8.36. The topological polar surface area (TPSA) is 29.9 Å². The molecule has 122 valence electrons. The molecule has 0 unspecified atom stereocenters. The van der Waals surface area contributed by atoms with Crippen LogP contribution in [-0.2, 0) is 6.42 Å². The minimum absolute atomic E-state index is 0.239. The number of hydrogen-bond acceptors (Lipinski definition) is 2. The molecule has 0 aliphatic carbocycles. The molecule has 5 heteroatoms. The van der Waals surface area contributed by atoms with Crippen molar-refractivity contribution in [3.63, 3.8) is 0 Å². The summed E-state index contributed by atoms with van der Waals surface area (Å²) in [5.41, 5.74) is 4.17. The molecule has 1 N–H and O–H groups in total. The van der Waals surface area contributed by atoms with Crippen molar-refractivity contribution in [3.05, 3.63) is 64.4 Å². The first-order valence-corrected chi connectivity index (χ1v) is 8.89. The van der Waals surface area contributed by atoms with Crippen LogP contribution in [0.3, 0.4) is 0 Å². The maximum atomic E-state index is 13.3. The second kappa shape index (κ2) is 6.40. The maximum absolute atomic E-state index is 13.3. The molecule has 2 heterocycles. The third-order valence-corrected chi connectivity index (χ3v) is 4.79. The van der Waals surface area contributed by atoms with Crippen LogP contribution in [0.15, 0.2) is 53.0 Å². The van der Waals surface area contributed by atoms with Gasteiger partial charge in [-0.05, 0) is 55.7 Å². The SMILES string of the molecule is Fc1ccc(-n2nc(-c3cccc(Br)c3)c3c2NCCCC3)cc1. The molecule has 0 radical (unpaired) electrons. The molecule has 0 bridgehead atoms. The van der Waals surface area contributed by atoms with Gasteiger partial charge in [-0.25, -0.2) is 9.07 Å². The number of halogens is 2. The number of hydrogen-bond donors (Lipinski definition) is 1. The summed E-state index contributed by atoms with van der Waals surface area (Å²) in [6.45, 7) is 0.928. The van der Waals surface area contributed by atoms with Crippen LogP contribution < -0.4 is 5.32 Å². The van der Waals surface area contributed by atoms with Gasteiger partial charge in [0.25, 0.3) is 0 Å². The number of aromatic nitrogens is 2. The summed E-state index contributed by atoms with van der Waals surface area (Å²) in [5.74, 6) is 0.784. The zero-order valence-electron chi connectivity index (χ0n) is 13.1. The Bertz CT molecular complexity index is 871. The highest BCUT2D eigenvalue weighted by Gasteiger charge is 2.21. The van der Waals surface area contributed by atoms with Crippen LogP contribution in [0.25, 0.3) is 16.9 Å². The fourth-order valence-corrected chi connectivity index (χ4v) is 3.54. The summed E-state index contributed by atoms with van der Waals surface area (Å²) in [7, 11) is 0. The summed E-state index contributed by atoms with van der Waals surface area (Å²) >= 11 is 3.54. The van der Waals surface area contributed by atoms with Crippen molar-refractivity contribution in [2.45, 2.75) is 19.3 Å². The number of fused-ring (bicyclic) bond motifs is 1. The number of nitrogens with zero attached hydrogens (tertiary/aromatic N) is 2. The Hall–Kier alpha value is -2.14. The lowest BCUT2D eigenvalue weighted by Crippen LogP contribution is -2.07. The monoisotopic (exact) mass is 385 g/mol. The standard InChI is InChI=1S/C19H17BrFN3/c20-14-5-3-4-13(12-14)18-17-6-1-2-11-22-19(17)24(23-18)16-9-7-15(21)8-10-16/h3-5,7-10,12,22H,1-2,6,11H2. The van der Waals surface area contributed by atoms with Gasteiger partial charge < -0.3 is 5.32 Å². The zero-order chi connectivity index (χ0) is 16.5. The Morgan fingerprint density at radius 3 is 2.71 bits per heavy atom. The van der Waals surface area contributed by atoms with E-state index in [1.807, 2.05) is 16.8 Å². The molecule has 24 heavy (non-hydrogen) atoms. The van der Waals surface area contributed by atoms with Crippen LogP contribution in [-0.4, -0.2) is 16.3 Å². The van der Waals surface area contributed by atoms with Crippen LogP contribution in [0.2, 0.25) is 0 Å². The van der Waals surface area contributed by atoms with E-state index in [2.05, 4.69) is 33.4 Å². The van der Waals surface area contributed by atoms with Crippen molar-refractivity contribution in [1.29, 1.82) is 0 Å². The molecule has 1 aromatic heterocycles. The molecule has 3 aromatic rings. The van der Waals surface area contributed by atoms with Crippen molar-refractivity contribution in [3.8, 4) is 16.9 Å². The van der Waals surface area contributed by atoms with Crippen molar-refractivity contribution < 1.29 is 4.39 Å². The lowest BCUT2D eigenvalue weighted by Gasteiger charge is -2.09. The summed E-state index contributed by atoms with van der Waals surface area (Å²) < 4.78 is 16.2. The Morgan fingerprint density at radius 2 is 1.92 bits per heavy atom. The lowest BCUT2D eigenvalue weighted by atomic mass is 10.0. The first kappa shape index (κ1) is 15.4. The number of anilines is 1. The van der Waals surface area contributed by atoms with E-state index in [0.717, 1.165) is 53.0 Å². The summed E-state index contributed by atoms with van der Waals surface area (Å²) in [6, 6.07) is 14.7. The van der Waals surface area contributed by atoms with Crippen molar-refractivity contribution in [1.82, 2.24) is 9.78 Å². The first-order valence-electron chi connectivity index (χ1n) is 8.10. The average Bonchev–Trinajstić information content (AvgIpc) is 2.77. The highest BCUT2D eigenvalue weighted by Crippen LogP contribution is 2.34. The molecular weight excluding hydrogens is 369 g/mol. The quantitative estimate of drug-likeness (QED) is 0.657. The molecule has 0 saturated carbocycles. The van der Waals surface area contributed by atoms with Gasteiger partial charge in [-0.2, -0.15) is 5.10 Å². The highest BCUT2D eigenvalue weighted by molar-refractivity contribution is 9.10. The van der Waals surface area contributed by atoms with E-state index in [1.165, 1.54) is 17.7 Å². The van der Waals surface area contributed by atoms with Crippen molar-refractivity contribution in [2.75, 3.05) is 11.9 Å². The molecule has 0 fully saturated rings. The third-order valence-electron chi connectivity index (χ3n) is 4.30. The van der Waals surface area contributed by atoms with Crippen LogP contribution >= 0.6 is 15.9 Å². The summed E-state index contributed by atoms with van der Waals surface area (Å²) in [4.78, 5) is 0. The largest absolute Gasteiger partial charge is 0.370 e. The Labute approximate surface area is 148 Å². The minimum Gasteiger partial charge on any atom is -0.370 e. The minimum atomic E-state index is -0.239. The van der Waals surface area contributed by atoms with E-state index in [-0.39, 0.29) is 5.82 Å². The van der Waals surface area contributed by atoms with Gasteiger partial charge in [-0.3, -0.25) is 0 Å². The first-order chi connectivity index (χ1) is 11.7. The van der Waals surface area contributed by atoms with Crippen molar-refractivity contribution >= 4 is 21.7 Å². The van der Waals surface area contributed by atoms with Gasteiger partial charge in [0, 0.05) is 22.1 Å². The molecule has 0 atom stereocenters. The molecule has 2 aromatic carbocycles. The van der Waals surface area contributed by atoms with Crippen LogP contribution in [0.4, 0.5) is 10.2 Å². The molecule has 1 aliphatic heterocycles. The van der Waals surface area contributed by atoms with E-state index in [1.54, 1.807) is 12.1 Å². The Balaban J connectivity index is 1.90. The van der Waals surface area contributed by atoms with E-state index in [0.29, 0.717) is 0 Å². The maximum Gasteiger partial charge on any atom is 0.133 e. The highest BCUT2D eigenvalue weighted by atomic mass is 79.9.